The van der Waals surface area contributed by atoms with Gasteiger partial charge in [-0.05, 0) is 6.92 Å². The number of hydrogen-bond donors (Lipinski definition) is 0. The van der Waals surface area contributed by atoms with Gasteiger partial charge in [0.15, 0.2) is 5.78 Å². The van der Waals surface area contributed by atoms with Crippen LogP contribution in [0.1, 0.15) is 27.2 Å². The second-order valence-corrected chi connectivity index (χ2v) is 5.56. The number of ether oxygens (including phenoxy) is 1. The minimum absolute atomic E-state index is 0.0567. The number of hydrogen-bond acceptors (Lipinski definition) is 2. The number of carbonyl (C=O) groups is 1. The van der Waals surface area contributed by atoms with Crippen molar-refractivity contribution in [3.8, 4) is 0 Å². The maximum Gasteiger partial charge on any atom is 0.150 e. The van der Waals surface area contributed by atoms with Crippen molar-refractivity contribution in [3.05, 3.63) is 36.8 Å². The van der Waals surface area contributed by atoms with E-state index in [0.29, 0.717) is 17.9 Å². The van der Waals surface area contributed by atoms with Crippen molar-refractivity contribution in [3.63, 3.8) is 0 Å². The van der Waals surface area contributed by atoms with Crippen LogP contribution in [-0.4, -0.2) is 5.78 Å². The summed E-state index contributed by atoms with van der Waals surface area (Å²) in [6.45, 7) is 17.9. The Bertz CT molecular complexity index is 428. The van der Waals surface area contributed by atoms with Crippen LogP contribution in [0.4, 0.5) is 0 Å². The summed E-state index contributed by atoms with van der Waals surface area (Å²) >= 11 is 0. The number of rotatable bonds is 0. The van der Waals surface area contributed by atoms with Gasteiger partial charge >= 0.3 is 0 Å². The fraction of sp³-hybridized carbons (Fsp3) is 0.500. The minimum Gasteiger partial charge on any atom is -0.466 e. The van der Waals surface area contributed by atoms with Gasteiger partial charge in [0, 0.05) is 17.8 Å². The SMILES string of the molecule is C=C1CC(=O)C2(C)C(=C)OC(=C)C(C)(C)C12. The molecule has 1 aliphatic heterocycles. The van der Waals surface area contributed by atoms with Crippen molar-refractivity contribution in [2.75, 3.05) is 0 Å². The summed E-state index contributed by atoms with van der Waals surface area (Å²) in [6.07, 6.45) is 0.431. The smallest absolute Gasteiger partial charge is 0.150 e. The van der Waals surface area contributed by atoms with Gasteiger partial charge in [-0.3, -0.25) is 4.79 Å². The van der Waals surface area contributed by atoms with Crippen LogP contribution >= 0.6 is 0 Å². The van der Waals surface area contributed by atoms with Gasteiger partial charge in [-0.1, -0.05) is 39.2 Å². The second kappa shape index (κ2) is 2.88. The molecule has 2 aliphatic rings. The van der Waals surface area contributed by atoms with Crippen LogP contribution in [0, 0.1) is 16.7 Å². The Hall–Kier alpha value is -1.31. The first-order chi connectivity index (χ1) is 7.22. The lowest BCUT2D eigenvalue weighted by molar-refractivity contribution is -0.130. The first-order valence-corrected chi connectivity index (χ1v) is 5.50. The van der Waals surface area contributed by atoms with Gasteiger partial charge in [-0.25, -0.2) is 0 Å². The highest BCUT2D eigenvalue weighted by molar-refractivity contribution is 5.93. The Labute approximate surface area is 96.7 Å². The van der Waals surface area contributed by atoms with E-state index in [-0.39, 0.29) is 17.1 Å². The van der Waals surface area contributed by atoms with E-state index < -0.39 is 5.41 Å². The van der Waals surface area contributed by atoms with Crippen molar-refractivity contribution < 1.29 is 9.53 Å². The van der Waals surface area contributed by atoms with Crippen LogP contribution in [0.5, 0.6) is 0 Å². The number of allylic oxidation sites excluding steroid dienone is 3. The molecule has 1 saturated carbocycles. The van der Waals surface area contributed by atoms with E-state index in [2.05, 4.69) is 33.6 Å². The van der Waals surface area contributed by atoms with Gasteiger partial charge in [0.05, 0.1) is 5.41 Å². The van der Waals surface area contributed by atoms with Crippen LogP contribution in [-0.2, 0) is 9.53 Å². The molecule has 0 N–H and O–H groups in total. The van der Waals surface area contributed by atoms with E-state index in [1.54, 1.807) is 0 Å². The molecular formula is C14H18O2. The molecular weight excluding hydrogens is 200 g/mol. The molecule has 2 unspecified atom stereocenters. The van der Waals surface area contributed by atoms with E-state index in [1.807, 2.05) is 6.92 Å². The summed E-state index contributed by atoms with van der Waals surface area (Å²) in [4.78, 5) is 12.1. The topological polar surface area (TPSA) is 26.3 Å². The Kier molecular flexibility index (Phi) is 2.01. The largest absolute Gasteiger partial charge is 0.466 e. The standard InChI is InChI=1S/C14H18O2/c1-8-7-11(15)14(6)10(3)16-9(2)13(4,5)12(8)14/h12H,1-3,7H2,4-6H3. The van der Waals surface area contributed by atoms with Crippen molar-refractivity contribution in [1.82, 2.24) is 0 Å². The van der Waals surface area contributed by atoms with Crippen molar-refractivity contribution in [1.29, 1.82) is 0 Å². The van der Waals surface area contributed by atoms with Crippen LogP contribution in [0.3, 0.4) is 0 Å². The first kappa shape index (κ1) is 11.2. The molecule has 2 atom stereocenters. The number of carbonyl (C=O) groups excluding carboxylic acids is 1. The molecule has 2 fully saturated rings. The summed E-state index contributed by atoms with van der Waals surface area (Å²) in [7, 11) is 0. The van der Waals surface area contributed by atoms with E-state index in [0.717, 1.165) is 5.57 Å². The predicted molar refractivity (Wildman–Crippen MR) is 63.5 cm³/mol. The normalized spacial score (nSPS) is 37.3. The fourth-order valence-electron chi connectivity index (χ4n) is 3.16. The average molecular weight is 218 g/mol. The van der Waals surface area contributed by atoms with Gasteiger partial charge in [0.2, 0.25) is 0 Å². The molecule has 1 heterocycles. The Morgan fingerprint density at radius 2 is 1.75 bits per heavy atom. The molecule has 1 saturated heterocycles. The van der Waals surface area contributed by atoms with Gasteiger partial charge in [-0.15, -0.1) is 0 Å². The molecule has 0 aromatic rings. The van der Waals surface area contributed by atoms with Crippen molar-refractivity contribution in [2.24, 2.45) is 16.7 Å². The molecule has 86 valence electrons. The zero-order valence-corrected chi connectivity index (χ0v) is 10.2. The fourth-order valence-corrected chi connectivity index (χ4v) is 3.16. The average Bonchev–Trinajstić information content (AvgIpc) is 2.37. The lowest BCUT2D eigenvalue weighted by atomic mass is 9.61. The molecule has 2 heteroatoms. The summed E-state index contributed by atoms with van der Waals surface area (Å²) < 4.78 is 5.59. The maximum absolute atomic E-state index is 12.1. The summed E-state index contributed by atoms with van der Waals surface area (Å²) in [5.41, 5.74) is 0.0872. The molecule has 2 nitrogen and oxygen atoms in total. The van der Waals surface area contributed by atoms with E-state index in [9.17, 15) is 4.79 Å². The zero-order chi connectivity index (χ0) is 12.3. The highest BCUT2D eigenvalue weighted by Crippen LogP contribution is 2.61. The van der Waals surface area contributed by atoms with Gasteiger partial charge in [-0.2, -0.15) is 0 Å². The second-order valence-electron chi connectivity index (χ2n) is 5.56. The quantitative estimate of drug-likeness (QED) is 0.583. The predicted octanol–water partition coefficient (Wildman–Crippen LogP) is 3.22. The summed E-state index contributed by atoms with van der Waals surface area (Å²) in [5, 5.41) is 0. The zero-order valence-electron chi connectivity index (χ0n) is 10.2. The third-order valence-corrected chi connectivity index (χ3v) is 4.22. The monoisotopic (exact) mass is 218 g/mol. The van der Waals surface area contributed by atoms with Gasteiger partial charge < -0.3 is 4.74 Å². The molecule has 0 bridgehead atoms. The molecule has 0 radical (unpaired) electrons. The van der Waals surface area contributed by atoms with Crippen molar-refractivity contribution in [2.45, 2.75) is 27.2 Å². The maximum atomic E-state index is 12.1. The lowest BCUT2D eigenvalue weighted by Crippen LogP contribution is -2.45. The van der Waals surface area contributed by atoms with Crippen molar-refractivity contribution >= 4 is 5.78 Å². The van der Waals surface area contributed by atoms with Crippen LogP contribution in [0.2, 0.25) is 0 Å². The molecule has 0 aromatic heterocycles. The molecule has 1 aliphatic carbocycles. The van der Waals surface area contributed by atoms with E-state index in [4.69, 9.17) is 4.74 Å². The van der Waals surface area contributed by atoms with E-state index >= 15 is 0 Å². The lowest BCUT2D eigenvalue weighted by Gasteiger charge is -2.47. The Morgan fingerprint density at radius 1 is 1.19 bits per heavy atom. The highest BCUT2D eigenvalue weighted by Gasteiger charge is 2.60. The third kappa shape index (κ3) is 1.05. The molecule has 16 heavy (non-hydrogen) atoms. The molecule has 0 spiro atoms. The van der Waals surface area contributed by atoms with Gasteiger partial charge in [0.25, 0.3) is 0 Å². The summed E-state index contributed by atoms with van der Waals surface area (Å²) in [6, 6.07) is 0. The minimum atomic E-state index is -0.623. The number of fused-ring (bicyclic) bond motifs is 1. The molecule has 2 rings (SSSR count). The van der Waals surface area contributed by atoms with Crippen LogP contribution in [0.25, 0.3) is 0 Å². The Morgan fingerprint density at radius 3 is 2.31 bits per heavy atom. The highest BCUT2D eigenvalue weighted by atomic mass is 16.5. The molecule has 0 amide bonds. The summed E-state index contributed by atoms with van der Waals surface area (Å²) in [5.74, 6) is 1.41. The van der Waals surface area contributed by atoms with Crippen LogP contribution in [0.15, 0.2) is 36.8 Å². The van der Waals surface area contributed by atoms with Crippen LogP contribution < -0.4 is 0 Å². The molecule has 0 aromatic carbocycles. The third-order valence-electron chi connectivity index (χ3n) is 4.22. The van der Waals surface area contributed by atoms with Gasteiger partial charge in [0.1, 0.15) is 11.5 Å². The number of Topliss-reactive ketones (excluding diaryl/α,β-unsaturated/α-hetero) is 1. The first-order valence-electron chi connectivity index (χ1n) is 5.50. The Balaban J connectivity index is 2.62. The van der Waals surface area contributed by atoms with E-state index in [1.165, 1.54) is 0 Å². The number of ketones is 1.